The quantitative estimate of drug-likeness (QED) is 0.237. The number of hydrogen-bond acceptors (Lipinski definition) is 6. The Labute approximate surface area is 241 Å². The van der Waals surface area contributed by atoms with Crippen molar-refractivity contribution in [2.45, 2.75) is 38.3 Å². The van der Waals surface area contributed by atoms with E-state index in [1.165, 1.54) is 0 Å². The summed E-state index contributed by atoms with van der Waals surface area (Å²) in [5.74, 6) is 2.34. The molecule has 2 aliphatic rings. The molecule has 6 nitrogen and oxygen atoms in total. The van der Waals surface area contributed by atoms with Crippen LogP contribution < -0.4 is 24.8 Å². The molecule has 0 amide bonds. The van der Waals surface area contributed by atoms with Crippen molar-refractivity contribution >= 4 is 17.2 Å². The number of carbonyl (C=O) groups is 1. The van der Waals surface area contributed by atoms with E-state index >= 15 is 0 Å². The van der Waals surface area contributed by atoms with Crippen LogP contribution in [0.1, 0.15) is 48.4 Å². The zero-order valence-corrected chi connectivity index (χ0v) is 23.4. The molecule has 0 saturated heterocycles. The van der Waals surface area contributed by atoms with E-state index in [-0.39, 0.29) is 17.7 Å². The summed E-state index contributed by atoms with van der Waals surface area (Å²) >= 11 is 0. The number of fused-ring (bicyclic) bond motifs is 1. The van der Waals surface area contributed by atoms with Gasteiger partial charge in [0.1, 0.15) is 12.4 Å². The second-order valence-electron chi connectivity index (χ2n) is 10.4. The van der Waals surface area contributed by atoms with Crippen LogP contribution in [0.2, 0.25) is 0 Å². The van der Waals surface area contributed by atoms with Gasteiger partial charge in [0.05, 0.1) is 31.1 Å². The van der Waals surface area contributed by atoms with Crippen LogP contribution in [0.3, 0.4) is 0 Å². The molecular weight excluding hydrogens is 512 g/mol. The molecule has 4 aromatic rings. The van der Waals surface area contributed by atoms with Crippen molar-refractivity contribution in [3.63, 3.8) is 0 Å². The molecule has 6 rings (SSSR count). The Bertz CT molecular complexity index is 1560. The Morgan fingerprint density at radius 2 is 1.51 bits per heavy atom. The van der Waals surface area contributed by atoms with Crippen LogP contribution in [0.4, 0.5) is 11.4 Å². The predicted molar refractivity (Wildman–Crippen MR) is 162 cm³/mol. The fraction of sp³-hybridized carbons (Fsp3) is 0.229. The molecule has 0 radical (unpaired) electrons. The van der Waals surface area contributed by atoms with Crippen molar-refractivity contribution in [1.82, 2.24) is 0 Å². The highest BCUT2D eigenvalue weighted by atomic mass is 16.5. The van der Waals surface area contributed by atoms with Gasteiger partial charge in [0, 0.05) is 17.7 Å². The van der Waals surface area contributed by atoms with Gasteiger partial charge in [-0.05, 0) is 72.4 Å². The number of carbonyl (C=O) groups excluding carboxylic acids is 1. The number of allylic oxidation sites excluding steroid dienone is 1. The largest absolute Gasteiger partial charge is 0.494 e. The smallest absolute Gasteiger partial charge is 0.163 e. The van der Waals surface area contributed by atoms with Gasteiger partial charge in [-0.3, -0.25) is 4.79 Å². The fourth-order valence-corrected chi connectivity index (χ4v) is 5.70. The summed E-state index contributed by atoms with van der Waals surface area (Å²) < 4.78 is 17.5. The molecule has 4 aromatic carbocycles. The lowest BCUT2D eigenvalue weighted by Crippen LogP contribution is -2.26. The first kappa shape index (κ1) is 26.5. The van der Waals surface area contributed by atoms with Crippen LogP contribution >= 0.6 is 0 Å². The molecular formula is C35H34N2O4. The molecule has 208 valence electrons. The Kier molecular flexibility index (Phi) is 7.63. The standard InChI is InChI=1S/C35H34N2O4/c1-3-40-27-16-13-24(14-17-27)26-19-30-34(31(38)20-26)35(37-29-12-8-7-11-28(29)36-30)25-15-18-32(33(21-25)39-2)41-22-23-9-5-4-6-10-23/h4-18,21,26,35-37H,3,19-20,22H2,1-2H3. The first-order valence-electron chi connectivity index (χ1n) is 14.1. The van der Waals surface area contributed by atoms with Crippen LogP contribution in [0, 0.1) is 0 Å². The van der Waals surface area contributed by atoms with E-state index in [0.717, 1.165) is 51.5 Å². The number of para-hydroxylation sites is 2. The fourth-order valence-electron chi connectivity index (χ4n) is 5.70. The number of hydrogen-bond donors (Lipinski definition) is 2. The van der Waals surface area contributed by atoms with E-state index in [4.69, 9.17) is 14.2 Å². The summed E-state index contributed by atoms with van der Waals surface area (Å²) in [5, 5.41) is 7.27. The zero-order valence-electron chi connectivity index (χ0n) is 23.4. The van der Waals surface area contributed by atoms with Crippen LogP contribution in [0.15, 0.2) is 108 Å². The molecule has 0 spiro atoms. The third-order valence-electron chi connectivity index (χ3n) is 7.73. The molecule has 2 unspecified atom stereocenters. The van der Waals surface area contributed by atoms with Crippen molar-refractivity contribution in [2.24, 2.45) is 0 Å². The second-order valence-corrected chi connectivity index (χ2v) is 10.4. The Hall–Kier alpha value is -4.71. The molecule has 0 aromatic heterocycles. The minimum atomic E-state index is -0.341. The first-order valence-corrected chi connectivity index (χ1v) is 14.1. The normalized spacial score (nSPS) is 17.9. The molecule has 1 aliphatic carbocycles. The zero-order chi connectivity index (χ0) is 28.2. The SMILES string of the molecule is CCOc1ccc(C2CC(=O)C3=C(C2)Nc2ccccc2NC3c2ccc(OCc3ccccc3)c(OC)c2)cc1. The topological polar surface area (TPSA) is 68.8 Å². The van der Waals surface area contributed by atoms with Gasteiger partial charge in [0.2, 0.25) is 0 Å². The molecule has 41 heavy (non-hydrogen) atoms. The number of ketones is 1. The molecule has 2 atom stereocenters. The van der Waals surface area contributed by atoms with E-state index in [2.05, 4.69) is 22.8 Å². The van der Waals surface area contributed by atoms with Crippen LogP contribution in [0.5, 0.6) is 17.2 Å². The number of ether oxygens (including phenoxy) is 3. The number of Topliss-reactive ketones (excluding diaryl/α,β-unsaturated/α-hetero) is 1. The van der Waals surface area contributed by atoms with Gasteiger partial charge < -0.3 is 24.8 Å². The van der Waals surface area contributed by atoms with Crippen LogP contribution in [-0.2, 0) is 11.4 Å². The van der Waals surface area contributed by atoms with Gasteiger partial charge in [0.25, 0.3) is 0 Å². The van der Waals surface area contributed by atoms with Crippen molar-refractivity contribution in [1.29, 1.82) is 0 Å². The Balaban J connectivity index is 1.33. The summed E-state index contributed by atoms with van der Waals surface area (Å²) in [6.45, 7) is 3.04. The van der Waals surface area contributed by atoms with E-state index in [1.807, 2.05) is 91.9 Å². The second kappa shape index (κ2) is 11.8. The van der Waals surface area contributed by atoms with Gasteiger partial charge in [-0.2, -0.15) is 0 Å². The van der Waals surface area contributed by atoms with E-state index in [0.29, 0.717) is 31.1 Å². The maximum Gasteiger partial charge on any atom is 0.163 e. The number of nitrogens with one attached hydrogen (secondary N) is 2. The van der Waals surface area contributed by atoms with Crippen LogP contribution in [0.25, 0.3) is 0 Å². The molecule has 6 heteroatoms. The summed E-state index contributed by atoms with van der Waals surface area (Å²) in [6.07, 6.45) is 1.18. The molecule has 0 saturated carbocycles. The first-order chi connectivity index (χ1) is 20.1. The number of benzene rings is 4. The predicted octanol–water partition coefficient (Wildman–Crippen LogP) is 7.65. The van der Waals surface area contributed by atoms with Gasteiger partial charge in [-0.25, -0.2) is 0 Å². The molecule has 0 bridgehead atoms. The number of rotatable bonds is 8. The highest BCUT2D eigenvalue weighted by Gasteiger charge is 2.36. The van der Waals surface area contributed by atoms with Crippen molar-refractivity contribution < 1.29 is 19.0 Å². The van der Waals surface area contributed by atoms with Gasteiger partial charge in [-0.1, -0.05) is 60.7 Å². The number of anilines is 2. The molecule has 0 fully saturated rings. The summed E-state index contributed by atoms with van der Waals surface area (Å²) in [5.41, 5.74) is 6.77. The maximum absolute atomic E-state index is 13.9. The summed E-state index contributed by atoms with van der Waals surface area (Å²) in [4.78, 5) is 13.9. The highest BCUT2D eigenvalue weighted by Crippen LogP contribution is 2.45. The Morgan fingerprint density at radius 1 is 0.780 bits per heavy atom. The van der Waals surface area contributed by atoms with Crippen molar-refractivity contribution in [2.75, 3.05) is 24.4 Å². The Morgan fingerprint density at radius 3 is 2.27 bits per heavy atom. The van der Waals surface area contributed by atoms with E-state index in [1.54, 1.807) is 7.11 Å². The van der Waals surface area contributed by atoms with Gasteiger partial charge >= 0.3 is 0 Å². The summed E-state index contributed by atoms with van der Waals surface area (Å²) in [7, 11) is 1.64. The van der Waals surface area contributed by atoms with Crippen LogP contribution in [-0.4, -0.2) is 19.5 Å². The molecule has 2 N–H and O–H groups in total. The lowest BCUT2D eigenvalue weighted by Gasteiger charge is -2.30. The average Bonchev–Trinajstić information content (AvgIpc) is 3.18. The molecule has 1 aliphatic heterocycles. The lowest BCUT2D eigenvalue weighted by atomic mass is 9.78. The molecule has 1 heterocycles. The highest BCUT2D eigenvalue weighted by molar-refractivity contribution is 6.01. The monoisotopic (exact) mass is 546 g/mol. The number of methoxy groups -OCH3 is 1. The average molecular weight is 547 g/mol. The maximum atomic E-state index is 13.9. The van der Waals surface area contributed by atoms with E-state index in [9.17, 15) is 4.79 Å². The van der Waals surface area contributed by atoms with Crippen molar-refractivity contribution in [3.05, 3.63) is 125 Å². The van der Waals surface area contributed by atoms with Gasteiger partial charge in [-0.15, -0.1) is 0 Å². The third kappa shape index (κ3) is 5.64. The van der Waals surface area contributed by atoms with Crippen molar-refractivity contribution in [3.8, 4) is 17.2 Å². The van der Waals surface area contributed by atoms with E-state index < -0.39 is 0 Å². The third-order valence-corrected chi connectivity index (χ3v) is 7.73. The minimum Gasteiger partial charge on any atom is -0.494 e. The minimum absolute atomic E-state index is 0.0821. The van der Waals surface area contributed by atoms with Gasteiger partial charge in [0.15, 0.2) is 17.3 Å². The summed E-state index contributed by atoms with van der Waals surface area (Å²) in [6, 6.07) is 31.8. The lowest BCUT2D eigenvalue weighted by molar-refractivity contribution is -0.116.